The molecule has 0 aromatic carbocycles. The third-order valence-electron chi connectivity index (χ3n) is 3.32. The number of hydrogen-bond acceptors (Lipinski definition) is 2. The summed E-state index contributed by atoms with van der Waals surface area (Å²) in [4.78, 5) is 0. The van der Waals surface area contributed by atoms with Crippen LogP contribution in [0.4, 0.5) is 0 Å². The molecule has 2 unspecified atom stereocenters. The van der Waals surface area contributed by atoms with Crippen molar-refractivity contribution in [3.63, 3.8) is 0 Å². The average molecular weight is 225 g/mol. The predicted molar refractivity (Wildman–Crippen MR) is 69.7 cm³/mol. The molecule has 2 heteroatoms. The lowest BCUT2D eigenvalue weighted by atomic mass is 9.97. The van der Waals surface area contributed by atoms with Crippen LogP contribution in [0.2, 0.25) is 0 Å². The molecule has 1 aliphatic rings. The van der Waals surface area contributed by atoms with Gasteiger partial charge in [0.1, 0.15) is 0 Å². The van der Waals surface area contributed by atoms with Gasteiger partial charge in [-0.15, -0.1) is 0 Å². The van der Waals surface area contributed by atoms with Crippen molar-refractivity contribution in [2.24, 2.45) is 5.92 Å². The molecular formula is C14H27NO. The van der Waals surface area contributed by atoms with E-state index in [1.165, 1.54) is 18.4 Å². The van der Waals surface area contributed by atoms with Gasteiger partial charge in [0, 0.05) is 12.6 Å². The molecule has 1 rings (SSSR count). The standard InChI is InChI=1S/C14H27NO/c1-5-11(4)10-13(15-6-2)14(16-7-3)12-8-9-12/h12-15H,4-10H2,1-3H3. The Morgan fingerprint density at radius 2 is 2.06 bits per heavy atom. The zero-order valence-corrected chi connectivity index (χ0v) is 11.1. The molecule has 94 valence electrons. The van der Waals surface area contributed by atoms with Gasteiger partial charge >= 0.3 is 0 Å². The molecule has 1 fully saturated rings. The summed E-state index contributed by atoms with van der Waals surface area (Å²) in [6.07, 6.45) is 5.21. The van der Waals surface area contributed by atoms with Crippen LogP contribution in [0.1, 0.15) is 46.5 Å². The summed E-state index contributed by atoms with van der Waals surface area (Å²) in [6.45, 7) is 12.4. The normalized spacial score (nSPS) is 19.4. The van der Waals surface area contributed by atoms with Crippen molar-refractivity contribution >= 4 is 0 Å². The first kappa shape index (κ1) is 13.7. The van der Waals surface area contributed by atoms with E-state index >= 15 is 0 Å². The smallest absolute Gasteiger partial charge is 0.0759 e. The van der Waals surface area contributed by atoms with Gasteiger partial charge in [-0.1, -0.05) is 26.0 Å². The van der Waals surface area contributed by atoms with Gasteiger partial charge in [-0.3, -0.25) is 0 Å². The summed E-state index contributed by atoms with van der Waals surface area (Å²) in [7, 11) is 0. The van der Waals surface area contributed by atoms with Crippen LogP contribution in [-0.2, 0) is 4.74 Å². The number of likely N-dealkylation sites (N-methyl/N-ethyl adjacent to an activating group) is 1. The Labute approximate surface area is 100 Å². The number of hydrogen-bond donors (Lipinski definition) is 1. The monoisotopic (exact) mass is 225 g/mol. The fourth-order valence-electron chi connectivity index (χ4n) is 2.22. The average Bonchev–Trinajstić information content (AvgIpc) is 3.09. The van der Waals surface area contributed by atoms with Crippen LogP contribution in [0.5, 0.6) is 0 Å². The molecule has 0 aliphatic heterocycles. The zero-order chi connectivity index (χ0) is 12.0. The molecule has 0 saturated heterocycles. The largest absolute Gasteiger partial charge is 0.377 e. The Hall–Kier alpha value is -0.340. The predicted octanol–water partition coefficient (Wildman–Crippen LogP) is 3.14. The SMILES string of the molecule is C=C(CC)CC(NCC)C(OCC)C1CC1. The van der Waals surface area contributed by atoms with Crippen molar-refractivity contribution in [1.82, 2.24) is 5.32 Å². The van der Waals surface area contributed by atoms with Crippen LogP contribution >= 0.6 is 0 Å². The van der Waals surface area contributed by atoms with E-state index in [1.807, 2.05) is 0 Å². The maximum absolute atomic E-state index is 5.92. The second kappa shape index (κ2) is 7.08. The van der Waals surface area contributed by atoms with Crippen LogP contribution in [0.3, 0.4) is 0 Å². The third kappa shape index (κ3) is 4.26. The van der Waals surface area contributed by atoms with Crippen LogP contribution < -0.4 is 5.32 Å². The molecule has 0 aromatic heterocycles. The summed E-state index contributed by atoms with van der Waals surface area (Å²) in [5, 5.41) is 3.57. The summed E-state index contributed by atoms with van der Waals surface area (Å²) in [6, 6.07) is 0.463. The molecule has 16 heavy (non-hydrogen) atoms. The Morgan fingerprint density at radius 3 is 2.50 bits per heavy atom. The quantitative estimate of drug-likeness (QED) is 0.609. The lowest BCUT2D eigenvalue weighted by Crippen LogP contribution is -2.43. The van der Waals surface area contributed by atoms with Gasteiger partial charge in [0.15, 0.2) is 0 Å². The van der Waals surface area contributed by atoms with E-state index < -0.39 is 0 Å². The molecule has 0 amide bonds. The second-order valence-electron chi connectivity index (χ2n) is 4.73. The second-order valence-corrected chi connectivity index (χ2v) is 4.73. The minimum Gasteiger partial charge on any atom is -0.377 e. The zero-order valence-electron chi connectivity index (χ0n) is 11.1. The van der Waals surface area contributed by atoms with Gasteiger partial charge in [-0.05, 0) is 45.1 Å². The van der Waals surface area contributed by atoms with Gasteiger partial charge in [-0.2, -0.15) is 0 Å². The highest BCUT2D eigenvalue weighted by Gasteiger charge is 2.36. The molecule has 0 aromatic rings. The Bertz CT molecular complexity index is 211. The Morgan fingerprint density at radius 1 is 1.38 bits per heavy atom. The van der Waals surface area contributed by atoms with E-state index in [2.05, 4.69) is 32.7 Å². The molecule has 0 heterocycles. The number of nitrogens with one attached hydrogen (secondary N) is 1. The summed E-state index contributed by atoms with van der Waals surface area (Å²) >= 11 is 0. The molecular weight excluding hydrogens is 198 g/mol. The van der Waals surface area contributed by atoms with Crippen molar-refractivity contribution < 1.29 is 4.74 Å². The number of ether oxygens (including phenoxy) is 1. The van der Waals surface area contributed by atoms with Gasteiger partial charge in [0.2, 0.25) is 0 Å². The van der Waals surface area contributed by atoms with Crippen LogP contribution in [-0.4, -0.2) is 25.3 Å². The lowest BCUT2D eigenvalue weighted by Gasteiger charge is -2.28. The fraction of sp³-hybridized carbons (Fsp3) is 0.857. The van der Waals surface area contributed by atoms with Crippen LogP contribution in [0.25, 0.3) is 0 Å². The fourth-order valence-corrected chi connectivity index (χ4v) is 2.22. The van der Waals surface area contributed by atoms with Gasteiger partial charge in [0.25, 0.3) is 0 Å². The van der Waals surface area contributed by atoms with Gasteiger partial charge < -0.3 is 10.1 Å². The molecule has 1 aliphatic carbocycles. The van der Waals surface area contributed by atoms with Crippen molar-refractivity contribution in [2.75, 3.05) is 13.2 Å². The summed E-state index contributed by atoms with van der Waals surface area (Å²) in [5.74, 6) is 0.786. The summed E-state index contributed by atoms with van der Waals surface area (Å²) < 4.78 is 5.92. The lowest BCUT2D eigenvalue weighted by molar-refractivity contribution is 0.0195. The minimum atomic E-state index is 0.397. The van der Waals surface area contributed by atoms with Crippen molar-refractivity contribution in [2.45, 2.75) is 58.6 Å². The van der Waals surface area contributed by atoms with Crippen LogP contribution in [0.15, 0.2) is 12.2 Å². The maximum Gasteiger partial charge on any atom is 0.0759 e. The molecule has 2 nitrogen and oxygen atoms in total. The molecule has 2 atom stereocenters. The Kier molecular flexibility index (Phi) is 6.07. The van der Waals surface area contributed by atoms with E-state index in [-0.39, 0.29) is 0 Å². The highest BCUT2D eigenvalue weighted by Crippen LogP contribution is 2.37. The maximum atomic E-state index is 5.92. The van der Waals surface area contributed by atoms with Crippen molar-refractivity contribution in [3.05, 3.63) is 12.2 Å². The minimum absolute atomic E-state index is 0.397. The van der Waals surface area contributed by atoms with Crippen molar-refractivity contribution in [1.29, 1.82) is 0 Å². The molecule has 0 spiro atoms. The highest BCUT2D eigenvalue weighted by molar-refractivity contribution is 5.01. The molecule has 1 saturated carbocycles. The Balaban J connectivity index is 2.53. The van der Waals surface area contributed by atoms with E-state index in [9.17, 15) is 0 Å². The first-order chi connectivity index (χ1) is 7.72. The first-order valence-electron chi connectivity index (χ1n) is 6.74. The molecule has 1 N–H and O–H groups in total. The van der Waals surface area contributed by atoms with Crippen LogP contribution in [0, 0.1) is 5.92 Å². The van der Waals surface area contributed by atoms with E-state index in [1.54, 1.807) is 0 Å². The number of rotatable bonds is 9. The summed E-state index contributed by atoms with van der Waals surface area (Å²) in [5.41, 5.74) is 1.33. The van der Waals surface area contributed by atoms with E-state index in [0.29, 0.717) is 12.1 Å². The van der Waals surface area contributed by atoms with Gasteiger partial charge in [-0.25, -0.2) is 0 Å². The van der Waals surface area contributed by atoms with Gasteiger partial charge in [0.05, 0.1) is 6.10 Å². The van der Waals surface area contributed by atoms with E-state index in [0.717, 1.165) is 31.9 Å². The topological polar surface area (TPSA) is 21.3 Å². The van der Waals surface area contributed by atoms with E-state index in [4.69, 9.17) is 4.74 Å². The van der Waals surface area contributed by atoms with Crippen molar-refractivity contribution in [3.8, 4) is 0 Å². The molecule has 0 bridgehead atoms. The third-order valence-corrected chi connectivity index (χ3v) is 3.32. The molecule has 0 radical (unpaired) electrons. The first-order valence-corrected chi connectivity index (χ1v) is 6.74. The highest BCUT2D eigenvalue weighted by atomic mass is 16.5.